The van der Waals surface area contributed by atoms with Gasteiger partial charge in [-0.3, -0.25) is 0 Å². The fourth-order valence-corrected chi connectivity index (χ4v) is 2.49. The minimum Gasteiger partial charge on any atom is -0.484 e. The van der Waals surface area contributed by atoms with Crippen LogP contribution in [0.25, 0.3) is 0 Å². The first-order valence-electron chi connectivity index (χ1n) is 9.30. The van der Waals surface area contributed by atoms with Crippen molar-refractivity contribution in [3.8, 4) is 5.75 Å². The molecule has 2 unspecified atom stereocenters. The number of hydrogen-bond donors (Lipinski definition) is 2. The summed E-state index contributed by atoms with van der Waals surface area (Å²) in [7, 11) is 0.324. The summed E-state index contributed by atoms with van der Waals surface area (Å²) in [6.07, 6.45) is 5.28. The van der Waals surface area contributed by atoms with Crippen LogP contribution in [0.15, 0.2) is 42.0 Å². The molecule has 0 saturated heterocycles. The van der Waals surface area contributed by atoms with E-state index in [4.69, 9.17) is 15.1 Å². The van der Waals surface area contributed by atoms with Gasteiger partial charge in [-0.05, 0) is 70.8 Å². The van der Waals surface area contributed by atoms with E-state index < -0.39 is 16.9 Å². The van der Waals surface area contributed by atoms with Gasteiger partial charge in [0.25, 0.3) is 0 Å². The molecule has 3 N–H and O–H groups in total. The van der Waals surface area contributed by atoms with Crippen molar-refractivity contribution in [2.75, 3.05) is 5.73 Å². The van der Waals surface area contributed by atoms with Gasteiger partial charge in [0.15, 0.2) is 0 Å². The Kier molecular flexibility index (Phi) is 6.12. The maximum Gasteiger partial charge on any atom is 0.309 e. The second-order valence-corrected chi connectivity index (χ2v) is 8.51. The molecule has 1 aromatic carbocycles. The molecule has 0 saturated carbocycles. The van der Waals surface area contributed by atoms with Gasteiger partial charge in [-0.25, -0.2) is 4.39 Å². The molecule has 0 aliphatic heterocycles. The summed E-state index contributed by atoms with van der Waals surface area (Å²) in [6, 6.07) is 5.50. The zero-order valence-electron chi connectivity index (χ0n) is 17.2. The van der Waals surface area contributed by atoms with Gasteiger partial charge in [0.1, 0.15) is 17.5 Å². The maximum absolute atomic E-state index is 13.9. The highest BCUT2D eigenvalue weighted by Gasteiger charge is 2.35. The zero-order valence-corrected chi connectivity index (χ0v) is 17.2. The van der Waals surface area contributed by atoms with Gasteiger partial charge in [0, 0.05) is 6.42 Å². The molecule has 1 aliphatic rings. The summed E-state index contributed by atoms with van der Waals surface area (Å²) < 4.78 is 25.8. The Morgan fingerprint density at radius 3 is 2.52 bits per heavy atom. The third-order valence-electron chi connectivity index (χ3n) is 5.28. The van der Waals surface area contributed by atoms with Crippen molar-refractivity contribution in [2.24, 2.45) is 0 Å². The van der Waals surface area contributed by atoms with Gasteiger partial charge < -0.3 is 20.2 Å². The van der Waals surface area contributed by atoms with E-state index >= 15 is 0 Å². The largest absolute Gasteiger partial charge is 0.484 e. The Balaban J connectivity index is 2.07. The Bertz CT molecular complexity index is 735. The number of anilines is 1. The van der Waals surface area contributed by atoms with Crippen LogP contribution in [0.1, 0.15) is 48.0 Å². The molecule has 2 rings (SSSR count). The maximum atomic E-state index is 13.9. The van der Waals surface area contributed by atoms with Crippen LogP contribution in [0, 0.1) is 0 Å². The van der Waals surface area contributed by atoms with Gasteiger partial charge in [0.05, 0.1) is 16.9 Å². The first-order chi connectivity index (χ1) is 12.3. The number of alkyl halides is 1. The average Bonchev–Trinajstić information content (AvgIpc) is 2.54. The lowest BCUT2D eigenvalue weighted by Crippen LogP contribution is -2.49. The van der Waals surface area contributed by atoms with Crippen LogP contribution in [0.3, 0.4) is 0 Å². The summed E-state index contributed by atoms with van der Waals surface area (Å²) in [6.45, 7) is 10.6. The number of nitrogens with two attached hydrogens (primary N) is 1. The summed E-state index contributed by atoms with van der Waals surface area (Å²) in [4.78, 5) is 0. The van der Waals surface area contributed by atoms with Crippen LogP contribution in [0.5, 0.6) is 5.75 Å². The molecular weight excluding hydrogens is 344 g/mol. The minimum absolute atomic E-state index is 0.247. The number of benzene rings is 1. The lowest BCUT2D eigenvalue weighted by Gasteiger charge is -2.37. The first-order valence-corrected chi connectivity index (χ1v) is 9.30. The summed E-state index contributed by atoms with van der Waals surface area (Å²) in [5.74, 6) is 0.563. The van der Waals surface area contributed by atoms with Crippen LogP contribution in [0.2, 0.25) is 0 Å². The molecule has 0 aromatic heterocycles. The first kappa shape index (κ1) is 21.5. The fourth-order valence-electron chi connectivity index (χ4n) is 2.49. The van der Waals surface area contributed by atoms with Crippen molar-refractivity contribution in [1.29, 1.82) is 0 Å². The van der Waals surface area contributed by atoms with E-state index in [1.165, 1.54) is 0 Å². The normalized spacial score (nSPS) is 21.6. The quantitative estimate of drug-likeness (QED) is 0.568. The molecule has 148 valence electrons. The molecule has 2 atom stereocenters. The number of halogens is 1. The Labute approximate surface area is 162 Å². The Morgan fingerprint density at radius 1 is 1.30 bits per heavy atom. The molecule has 4 nitrogen and oxygen atoms in total. The predicted octanol–water partition coefficient (Wildman–Crippen LogP) is 3.19. The van der Waals surface area contributed by atoms with Crippen LogP contribution in [0.4, 0.5) is 10.1 Å². The molecule has 1 aromatic rings. The molecule has 0 amide bonds. The van der Waals surface area contributed by atoms with Gasteiger partial charge in [-0.15, -0.1) is 0 Å². The number of rotatable bonds is 7. The van der Waals surface area contributed by atoms with E-state index in [1.54, 1.807) is 39.0 Å². The minimum atomic E-state index is -1.30. The third kappa shape index (κ3) is 5.60. The molecule has 0 spiro atoms. The summed E-state index contributed by atoms with van der Waals surface area (Å²) >= 11 is 0. The van der Waals surface area contributed by atoms with Gasteiger partial charge in [-0.2, -0.15) is 0 Å². The van der Waals surface area contributed by atoms with Crippen molar-refractivity contribution in [3.05, 3.63) is 42.0 Å². The number of ether oxygens (including phenoxy) is 1. The van der Waals surface area contributed by atoms with Crippen LogP contribution < -0.4 is 15.9 Å². The molecule has 0 heterocycles. The highest BCUT2D eigenvalue weighted by Crippen LogP contribution is 2.29. The van der Waals surface area contributed by atoms with Gasteiger partial charge in [0.2, 0.25) is 0 Å². The number of hydrogen-bond acceptors (Lipinski definition) is 4. The second kappa shape index (κ2) is 7.68. The molecule has 1 aliphatic carbocycles. The van der Waals surface area contributed by atoms with E-state index in [-0.39, 0.29) is 6.10 Å². The second-order valence-electron chi connectivity index (χ2n) is 8.51. The molecule has 0 fully saturated rings. The lowest BCUT2D eigenvalue weighted by atomic mass is 9.82. The average molecular weight is 375 g/mol. The van der Waals surface area contributed by atoms with Gasteiger partial charge >= 0.3 is 7.48 Å². The SMILES string of the molecule is CC(Oc1cc(BOC(C)(C)C(C)(C)O)ccc1N)C1=CCC(C)(F)C=C1. The standard InChI is InChI=1S/C21H31BFNO3/c1-14(15-9-11-21(6,23)12-10-15)26-18-13-16(7-8-17(18)24)22-27-20(4,5)19(2,3)25/h7-11,13-14,22,25H,12,24H2,1-6H3. The highest BCUT2D eigenvalue weighted by atomic mass is 19.1. The fraction of sp³-hybridized carbons (Fsp3) is 0.524. The number of nitrogen functional groups attached to an aromatic ring is 1. The van der Waals surface area contributed by atoms with Crippen molar-refractivity contribution >= 4 is 18.6 Å². The van der Waals surface area contributed by atoms with Crippen LogP contribution >= 0.6 is 0 Å². The summed E-state index contributed by atoms with van der Waals surface area (Å²) in [5.41, 5.74) is 5.43. The molecule has 27 heavy (non-hydrogen) atoms. The van der Waals surface area contributed by atoms with E-state index in [1.807, 2.05) is 39.0 Å². The molecular formula is C21H31BFNO3. The van der Waals surface area contributed by atoms with E-state index in [0.717, 1.165) is 11.0 Å². The predicted molar refractivity (Wildman–Crippen MR) is 111 cm³/mol. The third-order valence-corrected chi connectivity index (χ3v) is 5.28. The topological polar surface area (TPSA) is 64.7 Å². The van der Waals surface area contributed by atoms with Crippen molar-refractivity contribution in [2.45, 2.75) is 70.9 Å². The van der Waals surface area contributed by atoms with Crippen LogP contribution in [-0.4, -0.2) is 35.6 Å². The Morgan fingerprint density at radius 2 is 1.96 bits per heavy atom. The number of allylic oxidation sites excluding steroid dienone is 2. The van der Waals surface area contributed by atoms with E-state index in [9.17, 15) is 9.50 Å². The van der Waals surface area contributed by atoms with E-state index in [2.05, 4.69) is 0 Å². The smallest absolute Gasteiger partial charge is 0.309 e. The number of aliphatic hydroxyl groups is 1. The zero-order chi connectivity index (χ0) is 20.5. The molecule has 0 bridgehead atoms. The van der Waals surface area contributed by atoms with Crippen molar-refractivity contribution in [1.82, 2.24) is 0 Å². The van der Waals surface area contributed by atoms with Crippen molar-refractivity contribution in [3.63, 3.8) is 0 Å². The monoisotopic (exact) mass is 375 g/mol. The lowest BCUT2D eigenvalue weighted by molar-refractivity contribution is -0.0893. The van der Waals surface area contributed by atoms with E-state index in [0.29, 0.717) is 25.3 Å². The summed E-state index contributed by atoms with van der Waals surface area (Å²) in [5, 5.41) is 10.2. The van der Waals surface area contributed by atoms with Crippen molar-refractivity contribution < 1.29 is 18.9 Å². The Hall–Kier alpha value is -1.79. The molecule has 6 heteroatoms. The highest BCUT2D eigenvalue weighted by molar-refractivity contribution is 6.47. The van der Waals surface area contributed by atoms with Crippen LogP contribution in [-0.2, 0) is 4.65 Å². The van der Waals surface area contributed by atoms with Gasteiger partial charge in [-0.1, -0.05) is 18.2 Å². The molecule has 0 radical (unpaired) electrons.